The molecule has 0 unspecified atom stereocenters. The van der Waals surface area contributed by atoms with Crippen molar-refractivity contribution in [1.29, 1.82) is 5.26 Å². The first-order chi connectivity index (χ1) is 21.4. The summed E-state index contributed by atoms with van der Waals surface area (Å²) < 4.78 is 18.5. The molecule has 4 aromatic rings. The van der Waals surface area contributed by atoms with Crippen LogP contribution < -0.4 is 14.8 Å². The maximum Gasteiger partial charge on any atom is 0.253 e. The fourth-order valence-corrected chi connectivity index (χ4v) is 4.71. The number of nitriles is 1. The van der Waals surface area contributed by atoms with Crippen molar-refractivity contribution in [1.82, 2.24) is 40.0 Å². The number of morpholine rings is 1. The Kier molecular flexibility index (Phi) is 9.90. The Bertz CT molecular complexity index is 1580. The van der Waals surface area contributed by atoms with Gasteiger partial charge in [0.1, 0.15) is 30.0 Å². The number of anilines is 2. The first-order valence-corrected chi connectivity index (χ1v) is 14.2. The highest BCUT2D eigenvalue weighted by molar-refractivity contribution is 5.95. The van der Waals surface area contributed by atoms with Gasteiger partial charge in [-0.1, -0.05) is 6.07 Å². The number of amides is 1. The lowest BCUT2D eigenvalue weighted by atomic mass is 10.1. The molecule has 1 aliphatic heterocycles. The molecule has 0 bridgehead atoms. The average molecular weight is 599 g/mol. The minimum atomic E-state index is -0.286. The zero-order chi connectivity index (χ0) is 30.9. The molecule has 14 heteroatoms. The van der Waals surface area contributed by atoms with Crippen molar-refractivity contribution in [3.8, 4) is 28.7 Å². The molecule has 2 aromatic carbocycles. The molecule has 1 atom stereocenters. The fraction of sp³-hybridized carbons (Fsp3) is 0.367. The molecule has 44 heavy (non-hydrogen) atoms. The number of nitrogens with one attached hydrogen (secondary N) is 1. The highest BCUT2D eigenvalue weighted by atomic mass is 16.5. The average Bonchev–Trinajstić information content (AvgIpc) is 3.57. The van der Waals surface area contributed by atoms with Gasteiger partial charge in [-0.15, -0.1) is 5.10 Å². The van der Waals surface area contributed by atoms with Crippen molar-refractivity contribution in [3.05, 3.63) is 66.2 Å². The van der Waals surface area contributed by atoms with Gasteiger partial charge in [-0.3, -0.25) is 9.69 Å². The number of tetrazole rings is 1. The summed E-state index contributed by atoms with van der Waals surface area (Å²) in [6.07, 6.45) is 4.56. The number of rotatable bonds is 12. The van der Waals surface area contributed by atoms with Crippen molar-refractivity contribution < 1.29 is 19.0 Å². The van der Waals surface area contributed by atoms with E-state index < -0.39 is 0 Å². The lowest BCUT2D eigenvalue weighted by Gasteiger charge is -2.28. The third-order valence-electron chi connectivity index (χ3n) is 7.15. The lowest BCUT2D eigenvalue weighted by Crippen LogP contribution is -2.41. The maximum absolute atomic E-state index is 13.2. The number of hydrogen-bond donors (Lipinski definition) is 1. The Morgan fingerprint density at radius 1 is 1.14 bits per heavy atom. The number of likely N-dealkylation sites (N-methyl/N-ethyl adjacent to an activating group) is 1. The van der Waals surface area contributed by atoms with Crippen LogP contribution in [0.3, 0.4) is 0 Å². The second-order valence-electron chi connectivity index (χ2n) is 10.3. The predicted octanol–water partition coefficient (Wildman–Crippen LogP) is 2.63. The molecular weight excluding hydrogens is 564 g/mol. The Labute approximate surface area is 255 Å². The molecule has 2 aromatic heterocycles. The Hall–Kier alpha value is -5.13. The molecule has 0 radical (unpaired) electrons. The quantitative estimate of drug-likeness (QED) is 0.255. The molecule has 1 saturated heterocycles. The van der Waals surface area contributed by atoms with E-state index in [1.165, 1.54) is 6.33 Å². The van der Waals surface area contributed by atoms with E-state index in [1.807, 2.05) is 13.0 Å². The minimum absolute atomic E-state index is 0.0914. The van der Waals surface area contributed by atoms with E-state index in [0.29, 0.717) is 47.4 Å². The number of hydrogen-bond acceptors (Lipinski definition) is 12. The summed E-state index contributed by atoms with van der Waals surface area (Å²) in [5.74, 6) is 1.23. The number of carbonyl (C=O) groups excluding carboxylic acids is 1. The predicted molar refractivity (Wildman–Crippen MR) is 161 cm³/mol. The zero-order valence-electron chi connectivity index (χ0n) is 24.9. The van der Waals surface area contributed by atoms with Gasteiger partial charge in [0.15, 0.2) is 0 Å². The molecule has 3 heterocycles. The Morgan fingerprint density at radius 3 is 2.64 bits per heavy atom. The molecule has 1 amide bonds. The minimum Gasteiger partial charge on any atom is -0.495 e. The van der Waals surface area contributed by atoms with E-state index in [-0.39, 0.29) is 12.0 Å². The van der Waals surface area contributed by atoms with Gasteiger partial charge < -0.3 is 24.4 Å². The van der Waals surface area contributed by atoms with Crippen LogP contribution in [-0.4, -0.2) is 106 Å². The second-order valence-corrected chi connectivity index (χ2v) is 10.3. The molecule has 0 aliphatic carbocycles. The van der Waals surface area contributed by atoms with E-state index in [2.05, 4.69) is 41.8 Å². The van der Waals surface area contributed by atoms with E-state index in [9.17, 15) is 10.1 Å². The van der Waals surface area contributed by atoms with Crippen molar-refractivity contribution in [2.75, 3.05) is 58.9 Å². The Balaban J connectivity index is 1.26. The number of aromatic nitrogens is 6. The van der Waals surface area contributed by atoms with Crippen LogP contribution >= 0.6 is 0 Å². The van der Waals surface area contributed by atoms with Crippen LogP contribution in [0.25, 0.3) is 11.1 Å². The molecule has 1 aliphatic rings. The highest BCUT2D eigenvalue weighted by Crippen LogP contribution is 2.30. The van der Waals surface area contributed by atoms with E-state index in [4.69, 9.17) is 14.2 Å². The SMILES string of the molecule is COc1ccc(C(=O)N(C)CCN2CCOCC2)cc1Nc1ncc(-c2ccc(C#N)c(O[C@@H](C)Cn3cnnn3)c2)cn1. The number of carbonyl (C=O) groups is 1. The number of nitrogens with zero attached hydrogens (tertiary/aromatic N) is 9. The van der Waals surface area contributed by atoms with Gasteiger partial charge in [0.25, 0.3) is 5.91 Å². The van der Waals surface area contributed by atoms with Crippen LogP contribution in [0.4, 0.5) is 11.6 Å². The molecule has 228 valence electrons. The standard InChI is InChI=1S/C30H34N10O4/c1-21(19-40-20-34-36-37-40)44-28-15-22(4-5-24(28)16-31)25-17-32-30(33-18-25)35-26-14-23(6-7-27(26)42-3)29(41)38(2)8-9-39-10-12-43-13-11-39/h4-7,14-15,17-18,20-21H,8-13,19H2,1-3H3,(H,32,33,35)/t21-/m0/s1. The third-order valence-corrected chi connectivity index (χ3v) is 7.15. The molecule has 0 spiro atoms. The lowest BCUT2D eigenvalue weighted by molar-refractivity contribution is 0.0338. The number of ether oxygens (including phenoxy) is 3. The first-order valence-electron chi connectivity index (χ1n) is 14.2. The topological polar surface area (TPSA) is 156 Å². The summed E-state index contributed by atoms with van der Waals surface area (Å²) in [6.45, 7) is 6.89. The Morgan fingerprint density at radius 2 is 1.93 bits per heavy atom. The third kappa shape index (κ3) is 7.63. The zero-order valence-corrected chi connectivity index (χ0v) is 24.9. The molecule has 0 saturated carbocycles. The van der Waals surface area contributed by atoms with Gasteiger partial charge in [-0.05, 0) is 53.2 Å². The first kappa shape index (κ1) is 30.3. The summed E-state index contributed by atoms with van der Waals surface area (Å²) in [6, 6.07) is 12.7. The summed E-state index contributed by atoms with van der Waals surface area (Å²) in [7, 11) is 3.37. The monoisotopic (exact) mass is 598 g/mol. The molecule has 1 N–H and O–H groups in total. The van der Waals surface area contributed by atoms with Crippen LogP contribution in [0, 0.1) is 11.3 Å². The van der Waals surface area contributed by atoms with Gasteiger partial charge in [0.2, 0.25) is 5.95 Å². The summed E-state index contributed by atoms with van der Waals surface area (Å²) in [5, 5.41) is 23.9. The van der Waals surface area contributed by atoms with Crippen LogP contribution in [0.1, 0.15) is 22.8 Å². The van der Waals surface area contributed by atoms with Gasteiger partial charge in [0.05, 0.1) is 38.1 Å². The van der Waals surface area contributed by atoms with E-state index in [0.717, 1.165) is 44.0 Å². The number of benzene rings is 2. The van der Waals surface area contributed by atoms with E-state index in [1.54, 1.807) is 66.5 Å². The summed E-state index contributed by atoms with van der Waals surface area (Å²) in [5.41, 5.74) is 3.01. The van der Waals surface area contributed by atoms with Crippen molar-refractivity contribution in [2.24, 2.45) is 0 Å². The molecule has 5 rings (SSSR count). The van der Waals surface area contributed by atoms with Gasteiger partial charge in [0, 0.05) is 56.7 Å². The fourth-order valence-electron chi connectivity index (χ4n) is 4.71. The van der Waals surface area contributed by atoms with Crippen molar-refractivity contribution in [2.45, 2.75) is 19.6 Å². The summed E-state index contributed by atoms with van der Waals surface area (Å²) >= 11 is 0. The number of methoxy groups -OCH3 is 1. The molecule has 14 nitrogen and oxygen atoms in total. The summed E-state index contributed by atoms with van der Waals surface area (Å²) in [4.78, 5) is 26.2. The largest absolute Gasteiger partial charge is 0.495 e. The van der Waals surface area contributed by atoms with Crippen molar-refractivity contribution >= 4 is 17.5 Å². The molecule has 1 fully saturated rings. The van der Waals surface area contributed by atoms with Crippen LogP contribution in [0.5, 0.6) is 11.5 Å². The smallest absolute Gasteiger partial charge is 0.253 e. The van der Waals surface area contributed by atoms with Crippen LogP contribution in [-0.2, 0) is 11.3 Å². The van der Waals surface area contributed by atoms with Gasteiger partial charge >= 0.3 is 0 Å². The van der Waals surface area contributed by atoms with E-state index >= 15 is 0 Å². The molecular formula is C30H34N10O4. The highest BCUT2D eigenvalue weighted by Gasteiger charge is 2.18. The van der Waals surface area contributed by atoms with Gasteiger partial charge in [-0.25, -0.2) is 14.6 Å². The van der Waals surface area contributed by atoms with Crippen LogP contribution in [0.15, 0.2) is 55.1 Å². The second kappa shape index (κ2) is 14.4. The van der Waals surface area contributed by atoms with Crippen LogP contribution in [0.2, 0.25) is 0 Å². The normalized spacial score (nSPS) is 14.0. The van der Waals surface area contributed by atoms with Crippen molar-refractivity contribution in [3.63, 3.8) is 0 Å². The maximum atomic E-state index is 13.2. The van der Waals surface area contributed by atoms with Gasteiger partial charge in [-0.2, -0.15) is 5.26 Å².